The summed E-state index contributed by atoms with van der Waals surface area (Å²) in [4.78, 5) is 22.9. The molecule has 15 atom stereocenters. The predicted molar refractivity (Wildman–Crippen MR) is 226 cm³/mol. The molecule has 19 nitrogen and oxygen atoms in total. The highest BCUT2D eigenvalue weighted by Gasteiger charge is 2.54. The predicted octanol–water partition coefficient (Wildman–Crippen LogP) is 0.411. The number of aliphatic hydroxyl groups excluding tert-OH is 9. The third-order valence-corrected chi connectivity index (χ3v) is 11.5. The third-order valence-electron chi connectivity index (χ3n) is 11.5. The summed E-state index contributed by atoms with van der Waals surface area (Å²) in [6, 6.07) is 0. The zero-order valence-electron chi connectivity index (χ0n) is 37.3. The van der Waals surface area contributed by atoms with Crippen molar-refractivity contribution in [3.05, 3.63) is 58.2 Å². The van der Waals surface area contributed by atoms with Crippen LogP contribution in [0.4, 0.5) is 0 Å². The first-order valence-electron chi connectivity index (χ1n) is 21.9. The second-order valence-corrected chi connectivity index (χ2v) is 17.1. The van der Waals surface area contributed by atoms with Gasteiger partial charge < -0.3 is 83.9 Å². The molecule has 0 amide bonds. The number of allylic oxidation sites excluding steroid dienone is 7. The summed E-state index contributed by atoms with van der Waals surface area (Å²) in [6.07, 6.45) is -9.23. The Morgan fingerprint density at radius 1 is 0.641 bits per heavy atom. The first-order valence-corrected chi connectivity index (χ1v) is 21.9. The Balaban J connectivity index is 1.49. The summed E-state index contributed by atoms with van der Waals surface area (Å²) in [7, 11) is 0. The standard InChI is InChI=1S/C45H70O19/c1-24(2)10-6-15-28(16-8-13-25(3)11-7-12-26(4)14-9-17-29-18-33(49)58-22-29)21-59-44-41(38(54)35(51)31(20-47)61-44)64-45-42(39(55)36(52)32(62-45)23-57-27(5)48)63-43-40(56)37(53)34(50)30(19-46)60-43/h10-11,14,16,18,30-32,34-47,50-56H,6-9,12-13,15,17,19-23H2,1-5H3. The average molecular weight is 915 g/mol. The smallest absolute Gasteiger partial charge is 0.331 e. The Labute approximate surface area is 374 Å². The number of carbonyl (C=O) groups is 2. The monoisotopic (exact) mass is 914 g/mol. The summed E-state index contributed by atoms with van der Waals surface area (Å²) in [5, 5.41) is 95.9. The number of carbonyl (C=O) groups excluding carboxylic acids is 2. The lowest BCUT2D eigenvalue weighted by Gasteiger charge is -2.48. The van der Waals surface area contributed by atoms with Gasteiger partial charge in [0, 0.05) is 13.0 Å². The fourth-order valence-corrected chi connectivity index (χ4v) is 7.61. The number of hydrogen-bond acceptors (Lipinski definition) is 19. The van der Waals surface area contributed by atoms with Crippen molar-refractivity contribution in [2.24, 2.45) is 0 Å². The summed E-state index contributed by atoms with van der Waals surface area (Å²) in [5.41, 5.74) is 5.49. The maximum Gasteiger partial charge on any atom is 0.331 e. The van der Waals surface area contributed by atoms with Gasteiger partial charge in [-0.15, -0.1) is 0 Å². The van der Waals surface area contributed by atoms with Crippen molar-refractivity contribution in [3.63, 3.8) is 0 Å². The van der Waals surface area contributed by atoms with Gasteiger partial charge in [-0.25, -0.2) is 4.79 Å². The molecule has 64 heavy (non-hydrogen) atoms. The maximum absolute atomic E-state index is 11.7. The second kappa shape index (κ2) is 26.4. The van der Waals surface area contributed by atoms with Crippen molar-refractivity contribution in [2.75, 3.05) is 33.0 Å². The summed E-state index contributed by atoms with van der Waals surface area (Å²) in [6.45, 7) is 7.54. The number of ether oxygens (including phenoxy) is 8. The van der Waals surface area contributed by atoms with E-state index in [1.165, 1.54) is 11.1 Å². The molecule has 3 fully saturated rings. The molecule has 0 aromatic rings. The summed E-state index contributed by atoms with van der Waals surface area (Å²) in [5.74, 6) is -1.01. The minimum Gasteiger partial charge on any atom is -0.463 e. The van der Waals surface area contributed by atoms with Crippen LogP contribution in [0.3, 0.4) is 0 Å². The summed E-state index contributed by atoms with van der Waals surface area (Å²) < 4.78 is 45.5. The van der Waals surface area contributed by atoms with Gasteiger partial charge in [-0.1, -0.05) is 41.0 Å². The molecule has 4 heterocycles. The van der Waals surface area contributed by atoms with Crippen LogP contribution >= 0.6 is 0 Å². The molecule has 4 aliphatic rings. The minimum atomic E-state index is -1.93. The first kappa shape index (κ1) is 53.7. The highest BCUT2D eigenvalue weighted by Crippen LogP contribution is 2.34. The van der Waals surface area contributed by atoms with E-state index in [0.717, 1.165) is 55.7 Å². The molecule has 0 aliphatic carbocycles. The van der Waals surface area contributed by atoms with Crippen LogP contribution in [0, 0.1) is 0 Å². The van der Waals surface area contributed by atoms with Gasteiger partial charge in [0.25, 0.3) is 0 Å². The van der Waals surface area contributed by atoms with Crippen LogP contribution in [0.25, 0.3) is 0 Å². The van der Waals surface area contributed by atoms with Crippen LogP contribution in [0.5, 0.6) is 0 Å². The fourth-order valence-electron chi connectivity index (χ4n) is 7.61. The Hall–Kier alpha value is -2.96. The van der Waals surface area contributed by atoms with Gasteiger partial charge in [-0.2, -0.15) is 0 Å². The van der Waals surface area contributed by atoms with Crippen molar-refractivity contribution in [1.29, 1.82) is 0 Å². The fraction of sp³-hybridized carbons (Fsp3) is 0.733. The molecule has 4 aliphatic heterocycles. The molecule has 19 heteroatoms. The average Bonchev–Trinajstić information content (AvgIpc) is 3.67. The van der Waals surface area contributed by atoms with E-state index in [0.29, 0.717) is 25.9 Å². The zero-order chi connectivity index (χ0) is 47.1. The van der Waals surface area contributed by atoms with E-state index >= 15 is 0 Å². The van der Waals surface area contributed by atoms with Crippen molar-refractivity contribution >= 4 is 11.9 Å². The van der Waals surface area contributed by atoms with Crippen LogP contribution in [0.1, 0.15) is 86.0 Å². The highest BCUT2D eigenvalue weighted by molar-refractivity contribution is 5.85. The van der Waals surface area contributed by atoms with E-state index in [2.05, 4.69) is 38.2 Å². The lowest BCUT2D eigenvalue weighted by molar-refractivity contribution is -0.393. The lowest BCUT2D eigenvalue weighted by atomic mass is 9.96. The van der Waals surface area contributed by atoms with Gasteiger partial charge in [0.05, 0.1) is 19.8 Å². The first-order chi connectivity index (χ1) is 30.4. The van der Waals surface area contributed by atoms with E-state index in [1.54, 1.807) is 6.08 Å². The number of cyclic esters (lactones) is 1. The van der Waals surface area contributed by atoms with Gasteiger partial charge in [0.15, 0.2) is 18.9 Å². The molecule has 0 spiro atoms. The molecule has 0 bridgehead atoms. The quantitative estimate of drug-likeness (QED) is 0.0496. The SMILES string of the molecule is CC(=O)OCC1OC(OC2C(OCC(=CCCC(C)=CCCC(C)=CCCC3=CC(=O)OC3)CCC=C(C)C)OC(CO)C(O)C2O)C(OC2OC(CO)C(O)C(O)C2O)C(O)C1O. The van der Waals surface area contributed by atoms with Crippen LogP contribution in [0.2, 0.25) is 0 Å². The molecule has 0 aromatic carbocycles. The number of rotatable bonds is 23. The minimum absolute atomic E-state index is 0.0290. The molecule has 15 unspecified atom stereocenters. The van der Waals surface area contributed by atoms with Crippen molar-refractivity contribution in [3.8, 4) is 0 Å². The van der Waals surface area contributed by atoms with Crippen molar-refractivity contribution in [2.45, 2.75) is 178 Å². The van der Waals surface area contributed by atoms with E-state index in [1.807, 2.05) is 13.8 Å². The molecule has 9 N–H and O–H groups in total. The Bertz CT molecular complexity index is 1640. The highest BCUT2D eigenvalue weighted by atomic mass is 16.8. The molecular weight excluding hydrogens is 844 g/mol. The maximum atomic E-state index is 11.7. The van der Waals surface area contributed by atoms with Gasteiger partial charge in [-0.3, -0.25) is 4.79 Å². The number of esters is 2. The molecular formula is C45H70O19. The Kier molecular flexibility index (Phi) is 22.1. The topological polar surface area (TPSA) is 290 Å². The van der Waals surface area contributed by atoms with Gasteiger partial charge in [0.1, 0.15) is 86.5 Å². The Morgan fingerprint density at radius 2 is 1.17 bits per heavy atom. The summed E-state index contributed by atoms with van der Waals surface area (Å²) >= 11 is 0. The lowest BCUT2D eigenvalue weighted by Crippen LogP contribution is -2.67. The molecule has 0 aromatic heterocycles. The van der Waals surface area contributed by atoms with Gasteiger partial charge in [0.2, 0.25) is 0 Å². The van der Waals surface area contributed by atoms with Gasteiger partial charge in [-0.05, 0) is 90.2 Å². The number of aliphatic hydroxyl groups is 9. The second-order valence-electron chi connectivity index (χ2n) is 17.1. The van der Waals surface area contributed by atoms with E-state index in [-0.39, 0.29) is 12.6 Å². The molecule has 0 radical (unpaired) electrons. The van der Waals surface area contributed by atoms with Crippen LogP contribution < -0.4 is 0 Å². The molecule has 3 saturated heterocycles. The van der Waals surface area contributed by atoms with Gasteiger partial charge >= 0.3 is 11.9 Å². The normalized spacial score (nSPS) is 35.2. The molecule has 364 valence electrons. The molecule has 4 rings (SSSR count). The largest absolute Gasteiger partial charge is 0.463 e. The van der Waals surface area contributed by atoms with E-state index < -0.39 is 118 Å². The number of hydrogen-bond donors (Lipinski definition) is 9. The van der Waals surface area contributed by atoms with Crippen LogP contribution in [-0.4, -0.2) is 183 Å². The van der Waals surface area contributed by atoms with Crippen LogP contribution in [-0.2, 0) is 47.5 Å². The Morgan fingerprint density at radius 3 is 1.77 bits per heavy atom. The van der Waals surface area contributed by atoms with Crippen LogP contribution in [0.15, 0.2) is 58.2 Å². The van der Waals surface area contributed by atoms with E-state index in [9.17, 15) is 55.5 Å². The van der Waals surface area contributed by atoms with E-state index in [4.69, 9.17) is 37.9 Å². The third kappa shape index (κ3) is 15.8. The zero-order valence-corrected chi connectivity index (χ0v) is 37.3. The van der Waals surface area contributed by atoms with Crippen molar-refractivity contribution in [1.82, 2.24) is 0 Å². The molecule has 0 saturated carbocycles. The van der Waals surface area contributed by atoms with Crippen molar-refractivity contribution < 1.29 is 93.4 Å².